The SMILES string of the molecule is O=C(NC[C@H](c1ccco1)[NH+]1CCc2ccccc2C1)c1ccc(F)cc1. The third-order valence-corrected chi connectivity index (χ3v) is 5.20. The van der Waals surface area contributed by atoms with Crippen molar-refractivity contribution in [1.82, 2.24) is 5.32 Å². The van der Waals surface area contributed by atoms with E-state index in [1.807, 2.05) is 12.1 Å². The van der Waals surface area contributed by atoms with Crippen LogP contribution in [0.2, 0.25) is 0 Å². The van der Waals surface area contributed by atoms with Gasteiger partial charge in [0.15, 0.2) is 11.8 Å². The monoisotopic (exact) mass is 365 g/mol. The van der Waals surface area contributed by atoms with Gasteiger partial charge in [-0.15, -0.1) is 0 Å². The van der Waals surface area contributed by atoms with Crippen LogP contribution >= 0.6 is 0 Å². The lowest BCUT2D eigenvalue weighted by Gasteiger charge is -2.31. The van der Waals surface area contributed by atoms with Gasteiger partial charge in [-0.1, -0.05) is 24.3 Å². The van der Waals surface area contributed by atoms with Crippen molar-refractivity contribution in [1.29, 1.82) is 0 Å². The number of hydrogen-bond donors (Lipinski definition) is 2. The number of benzene rings is 2. The molecule has 4 rings (SSSR count). The summed E-state index contributed by atoms with van der Waals surface area (Å²) in [6.07, 6.45) is 2.68. The molecule has 2 heterocycles. The van der Waals surface area contributed by atoms with E-state index in [0.29, 0.717) is 12.1 Å². The Morgan fingerprint density at radius 2 is 1.85 bits per heavy atom. The molecule has 0 bridgehead atoms. The number of amides is 1. The first kappa shape index (κ1) is 17.5. The van der Waals surface area contributed by atoms with E-state index in [-0.39, 0.29) is 17.8 Å². The Bertz CT molecular complexity index is 906. The molecule has 3 aromatic rings. The zero-order valence-corrected chi connectivity index (χ0v) is 15.0. The van der Waals surface area contributed by atoms with Crippen LogP contribution in [-0.2, 0) is 13.0 Å². The number of nitrogens with one attached hydrogen (secondary N) is 2. The molecule has 138 valence electrons. The van der Waals surface area contributed by atoms with Gasteiger partial charge in [0.25, 0.3) is 5.91 Å². The van der Waals surface area contributed by atoms with E-state index in [2.05, 4.69) is 29.6 Å². The van der Waals surface area contributed by atoms with E-state index < -0.39 is 0 Å². The van der Waals surface area contributed by atoms with Gasteiger partial charge in [0.2, 0.25) is 0 Å². The molecule has 4 nitrogen and oxygen atoms in total. The Labute approximate surface area is 157 Å². The highest BCUT2D eigenvalue weighted by molar-refractivity contribution is 5.94. The van der Waals surface area contributed by atoms with Crippen LogP contribution in [0.15, 0.2) is 71.3 Å². The number of rotatable bonds is 5. The Morgan fingerprint density at radius 3 is 2.59 bits per heavy atom. The molecule has 1 aliphatic heterocycles. The molecule has 0 aliphatic carbocycles. The van der Waals surface area contributed by atoms with Gasteiger partial charge in [0.1, 0.15) is 12.4 Å². The summed E-state index contributed by atoms with van der Waals surface area (Å²) in [6, 6.07) is 18.0. The second-order valence-electron chi connectivity index (χ2n) is 6.89. The van der Waals surface area contributed by atoms with Crippen LogP contribution < -0.4 is 10.2 Å². The second kappa shape index (κ2) is 7.76. The summed E-state index contributed by atoms with van der Waals surface area (Å²) < 4.78 is 18.7. The molecule has 5 heteroatoms. The quantitative estimate of drug-likeness (QED) is 0.730. The summed E-state index contributed by atoms with van der Waals surface area (Å²) in [5, 5.41) is 2.99. The van der Waals surface area contributed by atoms with Gasteiger partial charge in [0.05, 0.1) is 19.4 Å². The average Bonchev–Trinajstić information content (AvgIpc) is 3.23. The Morgan fingerprint density at radius 1 is 1.07 bits per heavy atom. The van der Waals surface area contributed by atoms with Gasteiger partial charge in [-0.2, -0.15) is 0 Å². The number of fused-ring (bicyclic) bond motifs is 1. The number of quaternary nitrogens is 1. The topological polar surface area (TPSA) is 46.7 Å². The van der Waals surface area contributed by atoms with Gasteiger partial charge < -0.3 is 14.6 Å². The molecule has 1 amide bonds. The minimum absolute atomic E-state index is 0.0257. The van der Waals surface area contributed by atoms with E-state index in [0.717, 1.165) is 25.3 Å². The van der Waals surface area contributed by atoms with E-state index in [1.54, 1.807) is 6.26 Å². The van der Waals surface area contributed by atoms with Gasteiger partial charge >= 0.3 is 0 Å². The summed E-state index contributed by atoms with van der Waals surface area (Å²) in [5.74, 6) is 0.309. The molecule has 1 aliphatic rings. The van der Waals surface area contributed by atoms with Crippen molar-refractivity contribution in [3.8, 4) is 0 Å². The molecule has 1 unspecified atom stereocenters. The maximum atomic E-state index is 13.1. The van der Waals surface area contributed by atoms with Crippen molar-refractivity contribution in [2.45, 2.75) is 19.0 Å². The summed E-state index contributed by atoms with van der Waals surface area (Å²) in [7, 11) is 0. The Hall–Kier alpha value is -2.92. The highest BCUT2D eigenvalue weighted by Crippen LogP contribution is 2.15. The minimum atomic E-state index is -0.351. The van der Waals surface area contributed by atoms with Gasteiger partial charge in [0, 0.05) is 17.5 Å². The van der Waals surface area contributed by atoms with Crippen molar-refractivity contribution in [3.05, 3.63) is 95.2 Å². The van der Waals surface area contributed by atoms with Crippen LogP contribution in [0.5, 0.6) is 0 Å². The predicted octanol–water partition coefficient (Wildman–Crippen LogP) is 2.53. The lowest BCUT2D eigenvalue weighted by atomic mass is 9.98. The molecule has 0 saturated carbocycles. The molecule has 0 radical (unpaired) electrons. The van der Waals surface area contributed by atoms with Crippen molar-refractivity contribution in [3.63, 3.8) is 0 Å². The lowest BCUT2D eigenvalue weighted by Crippen LogP contribution is -3.12. The molecule has 2 atom stereocenters. The summed E-state index contributed by atoms with van der Waals surface area (Å²) in [6.45, 7) is 2.34. The first-order valence-electron chi connectivity index (χ1n) is 9.19. The van der Waals surface area contributed by atoms with E-state index in [9.17, 15) is 9.18 Å². The summed E-state index contributed by atoms with van der Waals surface area (Å²) >= 11 is 0. The molecule has 2 N–H and O–H groups in total. The smallest absolute Gasteiger partial charge is 0.251 e. The van der Waals surface area contributed by atoms with E-state index in [1.165, 1.54) is 40.3 Å². The van der Waals surface area contributed by atoms with Crippen molar-refractivity contribution < 1.29 is 18.5 Å². The Balaban J connectivity index is 1.49. The molecule has 0 spiro atoms. The zero-order chi connectivity index (χ0) is 18.6. The molecule has 2 aromatic carbocycles. The number of carbonyl (C=O) groups excluding carboxylic acids is 1. The summed E-state index contributed by atoms with van der Waals surface area (Å²) in [5.41, 5.74) is 3.20. The number of hydrogen-bond acceptors (Lipinski definition) is 2. The van der Waals surface area contributed by atoms with Gasteiger partial charge in [-0.05, 0) is 42.0 Å². The minimum Gasteiger partial charge on any atom is -0.463 e. The second-order valence-corrected chi connectivity index (χ2v) is 6.89. The van der Waals surface area contributed by atoms with Crippen molar-refractivity contribution >= 4 is 5.91 Å². The number of carbonyl (C=O) groups is 1. The maximum absolute atomic E-state index is 13.1. The van der Waals surface area contributed by atoms with Crippen LogP contribution in [0.1, 0.15) is 33.3 Å². The van der Waals surface area contributed by atoms with Crippen molar-refractivity contribution in [2.24, 2.45) is 0 Å². The Kier molecular flexibility index (Phi) is 5.03. The highest BCUT2D eigenvalue weighted by atomic mass is 19.1. The number of furan rings is 1. The average molecular weight is 365 g/mol. The molecule has 1 aromatic heterocycles. The first-order chi connectivity index (χ1) is 13.2. The molecular formula is C22H22FN2O2+. The molecule has 27 heavy (non-hydrogen) atoms. The van der Waals surface area contributed by atoms with E-state index >= 15 is 0 Å². The number of halogens is 1. The normalized spacial score (nSPS) is 17.1. The van der Waals surface area contributed by atoms with Crippen LogP contribution in [0, 0.1) is 5.82 Å². The third-order valence-electron chi connectivity index (χ3n) is 5.20. The highest BCUT2D eigenvalue weighted by Gasteiger charge is 2.30. The first-order valence-corrected chi connectivity index (χ1v) is 9.19. The third kappa shape index (κ3) is 3.93. The van der Waals surface area contributed by atoms with Gasteiger partial charge in [-0.3, -0.25) is 4.79 Å². The molecular weight excluding hydrogens is 343 g/mol. The van der Waals surface area contributed by atoms with E-state index in [4.69, 9.17) is 4.42 Å². The molecule has 0 saturated heterocycles. The fourth-order valence-corrected chi connectivity index (χ4v) is 3.73. The largest absolute Gasteiger partial charge is 0.463 e. The fourth-order valence-electron chi connectivity index (χ4n) is 3.73. The molecule has 0 fully saturated rings. The van der Waals surface area contributed by atoms with Crippen molar-refractivity contribution in [2.75, 3.05) is 13.1 Å². The predicted molar refractivity (Wildman–Crippen MR) is 99.9 cm³/mol. The zero-order valence-electron chi connectivity index (χ0n) is 15.0. The van der Waals surface area contributed by atoms with Gasteiger partial charge in [-0.25, -0.2) is 4.39 Å². The van der Waals surface area contributed by atoms with Crippen LogP contribution in [0.25, 0.3) is 0 Å². The fraction of sp³-hybridized carbons (Fsp3) is 0.227. The van der Waals surface area contributed by atoms with Crippen LogP contribution in [0.3, 0.4) is 0 Å². The maximum Gasteiger partial charge on any atom is 0.251 e. The standard InChI is InChI=1S/C22H21FN2O2/c23-19-9-7-17(8-10-19)22(26)24-14-20(21-6-3-13-27-21)25-12-11-16-4-1-2-5-18(16)15-25/h1-10,13,20H,11-12,14-15H2,(H,24,26)/p+1/t20-/m1/s1. The van der Waals surface area contributed by atoms with Crippen LogP contribution in [-0.4, -0.2) is 19.0 Å². The lowest BCUT2D eigenvalue weighted by molar-refractivity contribution is -0.946. The summed E-state index contributed by atoms with van der Waals surface area (Å²) in [4.78, 5) is 13.8. The van der Waals surface area contributed by atoms with Crippen LogP contribution in [0.4, 0.5) is 4.39 Å².